The standard InChI is InChI=1S/C7H12ClN3O/c1-2-3-4-11(10)5-6(9)7(8)12/h2,5H,1,3-4,9-10H2/b6-5-. The first-order valence-corrected chi connectivity index (χ1v) is 3.75. The second kappa shape index (κ2) is 5.62. The summed E-state index contributed by atoms with van der Waals surface area (Å²) in [7, 11) is 0. The molecule has 68 valence electrons. The number of hydrazine groups is 1. The van der Waals surface area contributed by atoms with Gasteiger partial charge in [-0.15, -0.1) is 6.58 Å². The van der Waals surface area contributed by atoms with Crippen molar-refractivity contribution in [2.45, 2.75) is 6.42 Å². The molecule has 4 N–H and O–H groups in total. The quantitative estimate of drug-likeness (QED) is 0.215. The van der Waals surface area contributed by atoms with Crippen LogP contribution in [-0.2, 0) is 4.79 Å². The maximum Gasteiger partial charge on any atom is 0.269 e. The van der Waals surface area contributed by atoms with Crippen molar-refractivity contribution >= 4 is 16.8 Å². The van der Waals surface area contributed by atoms with E-state index in [1.54, 1.807) is 6.08 Å². The fraction of sp³-hybridized carbons (Fsp3) is 0.286. The van der Waals surface area contributed by atoms with Crippen LogP contribution in [-0.4, -0.2) is 16.8 Å². The van der Waals surface area contributed by atoms with Gasteiger partial charge in [0.05, 0.1) is 0 Å². The van der Waals surface area contributed by atoms with Gasteiger partial charge in [0.2, 0.25) is 0 Å². The zero-order valence-electron chi connectivity index (χ0n) is 6.66. The Labute approximate surface area is 76.4 Å². The summed E-state index contributed by atoms with van der Waals surface area (Å²) in [5, 5.41) is 0.584. The van der Waals surface area contributed by atoms with Gasteiger partial charge >= 0.3 is 0 Å². The van der Waals surface area contributed by atoms with Crippen LogP contribution in [0.25, 0.3) is 0 Å². The number of carbonyl (C=O) groups is 1. The van der Waals surface area contributed by atoms with Crippen LogP contribution in [0, 0.1) is 0 Å². The highest BCUT2D eigenvalue weighted by Gasteiger charge is 2.00. The SMILES string of the molecule is C=CCCN(N)/C=C(\N)C(=O)Cl. The maximum absolute atomic E-state index is 10.4. The van der Waals surface area contributed by atoms with Gasteiger partial charge in [-0.1, -0.05) is 6.08 Å². The third kappa shape index (κ3) is 4.76. The lowest BCUT2D eigenvalue weighted by molar-refractivity contribution is -0.108. The van der Waals surface area contributed by atoms with Gasteiger partial charge in [-0.05, 0) is 18.0 Å². The summed E-state index contributed by atoms with van der Waals surface area (Å²) in [6, 6.07) is 0. The second-order valence-electron chi connectivity index (χ2n) is 2.17. The van der Waals surface area contributed by atoms with Crippen LogP contribution in [0.1, 0.15) is 6.42 Å². The van der Waals surface area contributed by atoms with Crippen molar-refractivity contribution in [1.82, 2.24) is 5.01 Å². The van der Waals surface area contributed by atoms with Crippen molar-refractivity contribution in [3.63, 3.8) is 0 Å². The molecule has 5 heteroatoms. The molecule has 0 atom stereocenters. The van der Waals surface area contributed by atoms with E-state index >= 15 is 0 Å². The Kier molecular flexibility index (Phi) is 5.16. The molecule has 0 rings (SSSR count). The molecule has 0 bridgehead atoms. The highest BCUT2D eigenvalue weighted by Crippen LogP contribution is 1.94. The number of allylic oxidation sites excluding steroid dienone is 1. The molecule has 0 aliphatic heterocycles. The van der Waals surface area contributed by atoms with Gasteiger partial charge in [-0.25, -0.2) is 5.84 Å². The molecule has 0 aliphatic carbocycles. The lowest BCUT2D eigenvalue weighted by atomic mass is 10.4. The van der Waals surface area contributed by atoms with E-state index in [0.29, 0.717) is 6.54 Å². The number of nitrogens with zero attached hydrogens (tertiary/aromatic N) is 1. The Hall–Kier alpha value is -1.000. The monoisotopic (exact) mass is 189 g/mol. The smallest absolute Gasteiger partial charge is 0.269 e. The third-order valence-corrected chi connectivity index (χ3v) is 1.34. The maximum atomic E-state index is 10.4. The van der Waals surface area contributed by atoms with Crippen molar-refractivity contribution in [1.29, 1.82) is 0 Å². The van der Waals surface area contributed by atoms with Crippen molar-refractivity contribution < 1.29 is 4.79 Å². The average molecular weight is 190 g/mol. The Balaban J connectivity index is 3.95. The van der Waals surface area contributed by atoms with Gasteiger partial charge in [-0.2, -0.15) is 0 Å². The fourth-order valence-corrected chi connectivity index (χ4v) is 0.583. The fourth-order valence-electron chi connectivity index (χ4n) is 0.534. The van der Waals surface area contributed by atoms with Crippen molar-refractivity contribution in [2.75, 3.05) is 6.54 Å². The van der Waals surface area contributed by atoms with Gasteiger partial charge < -0.3 is 10.7 Å². The van der Waals surface area contributed by atoms with E-state index in [0.717, 1.165) is 6.42 Å². The van der Waals surface area contributed by atoms with Crippen LogP contribution in [0.4, 0.5) is 0 Å². The minimum Gasteiger partial charge on any atom is -0.394 e. The van der Waals surface area contributed by atoms with E-state index in [1.807, 2.05) is 0 Å². The first-order valence-electron chi connectivity index (χ1n) is 3.37. The number of carbonyl (C=O) groups excluding carboxylic acids is 1. The first-order chi connectivity index (χ1) is 5.57. The largest absolute Gasteiger partial charge is 0.394 e. The van der Waals surface area contributed by atoms with Gasteiger partial charge in [0, 0.05) is 12.7 Å². The number of hydrogen-bond donors (Lipinski definition) is 2. The molecule has 0 heterocycles. The molecular weight excluding hydrogens is 178 g/mol. The van der Waals surface area contributed by atoms with Crippen LogP contribution in [0.15, 0.2) is 24.6 Å². The molecule has 0 aliphatic rings. The van der Waals surface area contributed by atoms with Gasteiger partial charge in [0.15, 0.2) is 0 Å². The van der Waals surface area contributed by atoms with Crippen molar-refractivity contribution in [2.24, 2.45) is 11.6 Å². The summed E-state index contributed by atoms with van der Waals surface area (Å²) in [4.78, 5) is 10.4. The highest BCUT2D eigenvalue weighted by molar-refractivity contribution is 6.67. The summed E-state index contributed by atoms with van der Waals surface area (Å²) in [6.45, 7) is 4.07. The predicted octanol–water partition coefficient (Wildman–Crippen LogP) is 0.304. The average Bonchev–Trinajstić information content (AvgIpc) is 2.00. The van der Waals surface area contributed by atoms with E-state index in [4.69, 9.17) is 23.2 Å². The molecule has 12 heavy (non-hydrogen) atoms. The number of rotatable bonds is 5. The summed E-state index contributed by atoms with van der Waals surface area (Å²) in [5.74, 6) is 5.42. The molecule has 0 aromatic rings. The predicted molar refractivity (Wildman–Crippen MR) is 48.8 cm³/mol. The Bertz CT molecular complexity index is 203. The number of halogens is 1. The molecule has 4 nitrogen and oxygen atoms in total. The zero-order chi connectivity index (χ0) is 9.56. The van der Waals surface area contributed by atoms with Gasteiger partial charge in [0.1, 0.15) is 5.70 Å². The Morgan fingerprint density at radius 3 is 2.67 bits per heavy atom. The van der Waals surface area contributed by atoms with Crippen LogP contribution < -0.4 is 11.6 Å². The lowest BCUT2D eigenvalue weighted by Crippen LogP contribution is -2.28. The minimum atomic E-state index is -0.705. The molecule has 0 saturated heterocycles. The minimum absolute atomic E-state index is 0.0665. The number of nitrogens with two attached hydrogens (primary N) is 2. The van der Waals surface area contributed by atoms with Crippen molar-refractivity contribution in [3.8, 4) is 0 Å². The van der Waals surface area contributed by atoms with E-state index < -0.39 is 5.24 Å². The molecule has 0 spiro atoms. The molecule has 0 radical (unpaired) electrons. The van der Waals surface area contributed by atoms with E-state index in [-0.39, 0.29) is 5.70 Å². The third-order valence-electron chi connectivity index (χ3n) is 1.12. The van der Waals surface area contributed by atoms with Gasteiger partial charge in [-0.3, -0.25) is 4.79 Å². The molecule has 0 aromatic heterocycles. The van der Waals surface area contributed by atoms with E-state index in [9.17, 15) is 4.79 Å². The molecule has 0 unspecified atom stereocenters. The number of hydrogen-bond acceptors (Lipinski definition) is 4. The normalized spacial score (nSPS) is 11.0. The second-order valence-corrected chi connectivity index (χ2v) is 2.52. The van der Waals surface area contributed by atoms with Crippen LogP contribution in [0.2, 0.25) is 0 Å². The van der Waals surface area contributed by atoms with E-state index in [1.165, 1.54) is 11.2 Å². The zero-order valence-corrected chi connectivity index (χ0v) is 7.42. The summed E-state index contributed by atoms with van der Waals surface area (Å²) in [5.41, 5.74) is 5.15. The highest BCUT2D eigenvalue weighted by atomic mass is 35.5. The molecular formula is C7H12ClN3O. The molecule has 0 saturated carbocycles. The molecule has 0 fully saturated rings. The molecule has 0 amide bonds. The Morgan fingerprint density at radius 1 is 1.67 bits per heavy atom. The molecule has 0 aromatic carbocycles. The van der Waals surface area contributed by atoms with Gasteiger partial charge in [0.25, 0.3) is 5.24 Å². The topological polar surface area (TPSA) is 72.3 Å². The summed E-state index contributed by atoms with van der Waals surface area (Å²) >= 11 is 5.07. The first kappa shape index (κ1) is 11.0. The van der Waals surface area contributed by atoms with E-state index in [2.05, 4.69) is 6.58 Å². The summed E-state index contributed by atoms with van der Waals surface area (Å²) in [6.07, 6.45) is 3.72. The summed E-state index contributed by atoms with van der Waals surface area (Å²) < 4.78 is 0. The van der Waals surface area contributed by atoms with Crippen LogP contribution >= 0.6 is 11.6 Å². The van der Waals surface area contributed by atoms with Crippen LogP contribution in [0.3, 0.4) is 0 Å². The van der Waals surface area contributed by atoms with Crippen molar-refractivity contribution in [3.05, 3.63) is 24.6 Å². The Morgan fingerprint density at radius 2 is 2.25 bits per heavy atom. The van der Waals surface area contributed by atoms with Crippen LogP contribution in [0.5, 0.6) is 0 Å². The lowest BCUT2D eigenvalue weighted by Gasteiger charge is -2.11.